The standard InChI is InChI=1S/C64H88N6O34/c1-34(71)94-47-49(96-36(3)73)53(98-38(5)75)59(102-51(47)57(80)85-11)100-44-15-13-40(31-91-61(65)82)29-42(44)55(78)67-17-21-87-23-19-70(46(77)33-90-26-25-89-27-28-93-69(10)63(84)104-64(7,8)9)20-24-88-22-18-68-56(79)43-30-41(32-92-62(66)83)14-16-45(43)101-60-54(99-39(6)76)50(97-37(4)74)48(95-35(2)72)52(103-60)58(81)86-12/h13-16,29-30,47-54,59-60H,17-28,31-33H2,1-12H3,(H2,65,82)(H2,66,83)(H,67,78)(H,68,79)/t47-,48-,49-,50-,51-,52-,53+,54+,59+,60+/m0/s1. The highest BCUT2D eigenvalue weighted by molar-refractivity contribution is 5.98. The van der Waals surface area contributed by atoms with Gasteiger partial charge >= 0.3 is 66.0 Å². The Morgan fingerprint density at radius 3 is 1.22 bits per heavy atom. The van der Waals surface area contributed by atoms with Crippen LogP contribution in [0.3, 0.4) is 0 Å². The average molecular weight is 1490 g/mol. The molecule has 2 saturated heterocycles. The number of nitrogens with zero attached hydrogens (tertiary/aromatic N) is 2. The molecular weight excluding hydrogens is 1400 g/mol. The summed E-state index contributed by atoms with van der Waals surface area (Å²) in [5.74, 6) is -10.9. The van der Waals surface area contributed by atoms with Gasteiger partial charge in [-0.15, -0.1) is 0 Å². The fraction of sp³-hybridized carbons (Fsp3) is 0.594. The van der Waals surface area contributed by atoms with Gasteiger partial charge in [-0.1, -0.05) is 12.1 Å². The van der Waals surface area contributed by atoms with E-state index < -0.39 is 171 Å². The molecule has 4 rings (SSSR count). The maximum atomic E-state index is 14.1. The number of ether oxygens (including phenoxy) is 19. The van der Waals surface area contributed by atoms with E-state index in [1.54, 1.807) is 20.8 Å². The highest BCUT2D eigenvalue weighted by atomic mass is 16.8. The third kappa shape index (κ3) is 29.6. The number of amides is 6. The van der Waals surface area contributed by atoms with Gasteiger partial charge in [0.2, 0.25) is 30.7 Å². The Kier molecular flexibility index (Phi) is 35.6. The van der Waals surface area contributed by atoms with E-state index in [1.165, 1.54) is 48.3 Å². The summed E-state index contributed by atoms with van der Waals surface area (Å²) in [5.41, 5.74) is 9.50. The van der Waals surface area contributed by atoms with Crippen LogP contribution in [0.5, 0.6) is 11.5 Å². The second kappa shape index (κ2) is 43.0. The number of methoxy groups -OCH3 is 2. The Hall–Kier alpha value is -10.3. The topological polar surface area (TPSA) is 506 Å². The van der Waals surface area contributed by atoms with Gasteiger partial charge in [0.25, 0.3) is 11.8 Å². The van der Waals surface area contributed by atoms with Crippen LogP contribution in [0.15, 0.2) is 36.4 Å². The molecule has 0 bridgehead atoms. The number of hydrogen-bond acceptors (Lipinski definition) is 34. The van der Waals surface area contributed by atoms with E-state index in [0.29, 0.717) is 0 Å². The van der Waals surface area contributed by atoms with Crippen molar-refractivity contribution in [3.05, 3.63) is 58.7 Å². The van der Waals surface area contributed by atoms with Crippen LogP contribution in [0.1, 0.15) is 94.2 Å². The van der Waals surface area contributed by atoms with E-state index in [2.05, 4.69) is 10.6 Å². The Bertz CT molecular complexity index is 3130. The molecule has 2 heterocycles. The van der Waals surface area contributed by atoms with Crippen LogP contribution in [0, 0.1) is 0 Å². The van der Waals surface area contributed by atoms with Crippen LogP contribution in [-0.2, 0) is 142 Å². The van der Waals surface area contributed by atoms with Crippen LogP contribution in [0.2, 0.25) is 0 Å². The summed E-state index contributed by atoms with van der Waals surface area (Å²) in [6.07, 6.45) is -21.0. The SMILES string of the molecule is COC(=O)[C@H]1O[C@@H](Oc2ccc(COC(N)=O)cc2C(=O)NCCOCCN(CCOCCNC(=O)c2cc(COC(N)=O)ccc2O[C@@H]2O[C@H](C(=O)OC)[C@@H](OC(C)=O)[C@H](OC(C)=O)[C@H]2OC(C)=O)C(=O)COCCOCCON(C)C(=O)OC(C)(C)C)[C@H](OC(C)=O)[C@@H](OC(C)=O)[C@@H]1OC(C)=O. The zero-order valence-electron chi connectivity index (χ0n) is 59.3. The van der Waals surface area contributed by atoms with Gasteiger partial charge in [-0.25, -0.2) is 24.0 Å². The number of esters is 8. The Balaban J connectivity index is 1.50. The first-order valence-electron chi connectivity index (χ1n) is 31.8. The van der Waals surface area contributed by atoms with Crippen molar-refractivity contribution in [3.63, 3.8) is 0 Å². The molecular formula is C64H88N6O34. The van der Waals surface area contributed by atoms with Crippen LogP contribution in [0.4, 0.5) is 14.4 Å². The molecule has 40 heteroatoms. The Morgan fingerprint density at radius 1 is 0.481 bits per heavy atom. The Morgan fingerprint density at radius 2 is 0.846 bits per heavy atom. The van der Waals surface area contributed by atoms with Crippen molar-refractivity contribution < 1.29 is 162 Å². The minimum Gasteiger partial charge on any atom is -0.467 e. The summed E-state index contributed by atoms with van der Waals surface area (Å²) in [4.78, 5) is 184. The summed E-state index contributed by atoms with van der Waals surface area (Å²) < 4.78 is 104. The van der Waals surface area contributed by atoms with Crippen molar-refractivity contribution in [1.82, 2.24) is 20.6 Å². The molecule has 2 aliphatic rings. The molecule has 10 atom stereocenters. The first kappa shape index (κ1) is 86.1. The van der Waals surface area contributed by atoms with Crippen LogP contribution in [0.25, 0.3) is 0 Å². The van der Waals surface area contributed by atoms with Gasteiger partial charge in [0, 0.05) is 74.8 Å². The first-order chi connectivity index (χ1) is 49.1. The largest absolute Gasteiger partial charge is 0.467 e. The molecule has 2 aliphatic heterocycles. The quantitative estimate of drug-likeness (QED) is 0.0293. The second-order valence-electron chi connectivity index (χ2n) is 23.0. The van der Waals surface area contributed by atoms with Gasteiger partial charge in [0.15, 0.2) is 36.6 Å². The predicted molar refractivity (Wildman–Crippen MR) is 342 cm³/mol. The zero-order valence-corrected chi connectivity index (χ0v) is 59.3. The number of benzene rings is 2. The van der Waals surface area contributed by atoms with Crippen molar-refractivity contribution in [2.45, 2.75) is 143 Å². The lowest BCUT2D eigenvalue weighted by molar-refractivity contribution is -0.282. The van der Waals surface area contributed by atoms with Crippen molar-refractivity contribution in [3.8, 4) is 11.5 Å². The molecule has 104 heavy (non-hydrogen) atoms. The normalized spacial score (nSPS) is 19.7. The lowest BCUT2D eigenvalue weighted by atomic mass is 9.97. The van der Waals surface area contributed by atoms with Crippen molar-refractivity contribution in [2.75, 3.05) is 107 Å². The number of carbonyl (C=O) groups excluding carboxylic acids is 14. The molecule has 40 nitrogen and oxygen atoms in total. The number of nitrogens with one attached hydrogen (secondary N) is 2. The minimum absolute atomic E-state index is 0.00978. The number of nitrogens with two attached hydrogens (primary N) is 2. The summed E-state index contributed by atoms with van der Waals surface area (Å²) >= 11 is 0. The van der Waals surface area contributed by atoms with E-state index >= 15 is 0 Å². The van der Waals surface area contributed by atoms with Crippen LogP contribution < -0.4 is 31.6 Å². The molecule has 0 spiro atoms. The van der Waals surface area contributed by atoms with Crippen molar-refractivity contribution >= 4 is 83.8 Å². The zero-order chi connectivity index (χ0) is 77.4. The van der Waals surface area contributed by atoms with E-state index in [9.17, 15) is 67.1 Å². The number of primary amides is 2. The predicted octanol–water partition coefficient (Wildman–Crippen LogP) is -0.126. The summed E-state index contributed by atoms with van der Waals surface area (Å²) in [6, 6.07) is 7.67. The van der Waals surface area contributed by atoms with E-state index in [4.69, 9.17) is 106 Å². The van der Waals surface area contributed by atoms with E-state index in [1.807, 2.05) is 0 Å². The molecule has 0 saturated carbocycles. The van der Waals surface area contributed by atoms with Gasteiger partial charge in [0.05, 0.1) is 78.2 Å². The van der Waals surface area contributed by atoms with Crippen molar-refractivity contribution in [1.29, 1.82) is 0 Å². The van der Waals surface area contributed by atoms with Gasteiger partial charge in [-0.2, -0.15) is 5.06 Å². The van der Waals surface area contributed by atoms with E-state index in [-0.39, 0.29) is 113 Å². The van der Waals surface area contributed by atoms with Gasteiger partial charge in [-0.3, -0.25) is 48.0 Å². The number of carbonyl (C=O) groups is 14. The summed E-state index contributed by atoms with van der Waals surface area (Å²) in [5, 5.41) is 6.19. The average Bonchev–Trinajstić information content (AvgIpc) is 0.778. The molecule has 2 aromatic carbocycles. The number of hydroxylamine groups is 2. The number of hydrogen-bond donors (Lipinski definition) is 4. The highest BCUT2D eigenvalue weighted by Crippen LogP contribution is 2.35. The molecule has 0 aromatic heterocycles. The summed E-state index contributed by atoms with van der Waals surface area (Å²) in [6.45, 7) is 8.39. The molecule has 2 aromatic rings. The Labute approximate surface area is 595 Å². The maximum absolute atomic E-state index is 14.1. The van der Waals surface area contributed by atoms with Crippen LogP contribution in [-0.4, -0.2) is 268 Å². The van der Waals surface area contributed by atoms with Gasteiger partial charge in [-0.05, 0) is 56.2 Å². The second-order valence-corrected chi connectivity index (χ2v) is 23.0. The fourth-order valence-corrected chi connectivity index (χ4v) is 9.46. The third-order valence-electron chi connectivity index (χ3n) is 13.7. The fourth-order valence-electron chi connectivity index (χ4n) is 9.46. The summed E-state index contributed by atoms with van der Waals surface area (Å²) in [7, 11) is 3.34. The van der Waals surface area contributed by atoms with Crippen molar-refractivity contribution in [2.24, 2.45) is 11.5 Å². The molecule has 6 N–H and O–H groups in total. The van der Waals surface area contributed by atoms with Gasteiger partial charge in [0.1, 0.15) is 36.9 Å². The minimum atomic E-state index is -1.88. The molecule has 578 valence electrons. The van der Waals surface area contributed by atoms with Gasteiger partial charge < -0.3 is 117 Å². The van der Waals surface area contributed by atoms with E-state index in [0.717, 1.165) is 60.8 Å². The number of rotatable bonds is 39. The molecule has 0 unspecified atom stereocenters. The highest BCUT2D eigenvalue weighted by Gasteiger charge is 2.57. The molecule has 0 radical (unpaired) electrons. The monoisotopic (exact) mass is 1480 g/mol. The lowest BCUT2D eigenvalue weighted by Gasteiger charge is -2.43. The molecule has 2 fully saturated rings. The first-order valence-corrected chi connectivity index (χ1v) is 31.8. The smallest absolute Gasteiger partial charge is 0.434 e. The third-order valence-corrected chi connectivity index (χ3v) is 13.7. The molecule has 0 aliphatic carbocycles. The molecule has 6 amide bonds. The lowest BCUT2D eigenvalue weighted by Crippen LogP contribution is -2.64. The maximum Gasteiger partial charge on any atom is 0.434 e. The van der Waals surface area contributed by atoms with Crippen LogP contribution >= 0.6 is 0 Å².